The number of imidazole rings is 1. The predicted octanol–water partition coefficient (Wildman–Crippen LogP) is 3.85. The maximum Gasteiger partial charge on any atom is 0.449 e. The number of hydrogen-bond acceptors (Lipinski definition) is 2. The number of thioether (sulfide) groups is 1. The van der Waals surface area contributed by atoms with E-state index in [1.165, 1.54) is 2.78 Å². The molecule has 0 unspecified atom stereocenters. The van der Waals surface area contributed by atoms with Gasteiger partial charge in [0.05, 0.1) is 33.9 Å². The van der Waals surface area contributed by atoms with Gasteiger partial charge in [-0.15, -0.1) is 0 Å². The van der Waals surface area contributed by atoms with Crippen LogP contribution in [0.4, 0.5) is 13.2 Å². The molecule has 0 N–H and O–H groups in total. The molecule has 0 aliphatic rings. The largest absolute Gasteiger partial charge is 0.449 e. The monoisotopic (exact) mass is 344 g/mol. The SMILES string of the molecule is FC(F)(F)Sc1nc2ccccc2n1I. The lowest BCUT2D eigenvalue weighted by Crippen LogP contribution is -2.01. The number of alkyl halides is 3. The third-order valence-electron chi connectivity index (χ3n) is 1.68. The Bertz CT molecular complexity index is 494. The van der Waals surface area contributed by atoms with Gasteiger partial charge in [-0.05, 0) is 12.1 Å². The number of benzene rings is 1. The highest BCUT2D eigenvalue weighted by Gasteiger charge is 2.32. The molecule has 0 saturated heterocycles. The first-order valence-electron chi connectivity index (χ1n) is 3.87. The van der Waals surface area contributed by atoms with E-state index in [0.717, 1.165) is 0 Å². The van der Waals surface area contributed by atoms with Crippen LogP contribution in [0.25, 0.3) is 11.0 Å². The topological polar surface area (TPSA) is 17.8 Å². The van der Waals surface area contributed by atoms with Crippen LogP contribution in [0, 0.1) is 0 Å². The number of nitrogens with zero attached hydrogens (tertiary/aromatic N) is 2. The van der Waals surface area contributed by atoms with Gasteiger partial charge in [0, 0.05) is 11.8 Å². The average Bonchev–Trinajstić information content (AvgIpc) is 2.42. The van der Waals surface area contributed by atoms with E-state index in [-0.39, 0.29) is 16.9 Å². The van der Waals surface area contributed by atoms with Crippen LogP contribution in [-0.4, -0.2) is 13.3 Å². The van der Waals surface area contributed by atoms with Gasteiger partial charge in [-0.25, -0.2) is 4.98 Å². The summed E-state index contributed by atoms with van der Waals surface area (Å²) in [4.78, 5) is 3.90. The summed E-state index contributed by atoms with van der Waals surface area (Å²) in [5.74, 6) is 0. The summed E-state index contributed by atoms with van der Waals surface area (Å²) < 4.78 is 37.9. The number of fused-ring (bicyclic) bond motifs is 1. The van der Waals surface area contributed by atoms with E-state index < -0.39 is 5.51 Å². The molecule has 0 radical (unpaired) electrons. The molecule has 1 aromatic heterocycles. The molecule has 0 atom stereocenters. The van der Waals surface area contributed by atoms with Crippen molar-refractivity contribution in [2.45, 2.75) is 10.7 Å². The van der Waals surface area contributed by atoms with E-state index in [9.17, 15) is 13.2 Å². The fraction of sp³-hybridized carbons (Fsp3) is 0.125. The molecule has 0 fully saturated rings. The molecular formula is C8H4F3IN2S. The first-order valence-corrected chi connectivity index (χ1v) is 5.65. The summed E-state index contributed by atoms with van der Waals surface area (Å²) in [6, 6.07) is 6.93. The normalized spacial score (nSPS) is 12.3. The Balaban J connectivity index is 2.49. The predicted molar refractivity (Wildman–Crippen MR) is 61.1 cm³/mol. The molecular weight excluding hydrogens is 340 g/mol. The van der Waals surface area contributed by atoms with Gasteiger partial charge in [-0.2, -0.15) is 13.2 Å². The standard InChI is InChI=1S/C8H4F3IN2S/c9-8(10,11)15-7-13-5-3-1-2-4-6(5)14(7)12/h1-4H. The average molecular weight is 344 g/mol. The highest BCUT2D eigenvalue weighted by Crippen LogP contribution is 2.38. The molecule has 15 heavy (non-hydrogen) atoms. The van der Waals surface area contributed by atoms with E-state index in [1.807, 2.05) is 22.9 Å². The van der Waals surface area contributed by atoms with Crippen LogP contribution in [0.5, 0.6) is 0 Å². The molecule has 1 aromatic carbocycles. The van der Waals surface area contributed by atoms with Crippen molar-refractivity contribution >= 4 is 45.7 Å². The van der Waals surface area contributed by atoms with Gasteiger partial charge in [0.2, 0.25) is 0 Å². The summed E-state index contributed by atoms with van der Waals surface area (Å²) in [5, 5.41) is -0.0516. The number of halogens is 4. The Morgan fingerprint density at radius 1 is 1.27 bits per heavy atom. The Morgan fingerprint density at radius 3 is 2.53 bits per heavy atom. The molecule has 0 bridgehead atoms. The van der Waals surface area contributed by atoms with Crippen molar-refractivity contribution in [3.63, 3.8) is 0 Å². The molecule has 0 amide bonds. The van der Waals surface area contributed by atoms with Crippen LogP contribution in [0.1, 0.15) is 0 Å². The van der Waals surface area contributed by atoms with Crippen molar-refractivity contribution in [2.75, 3.05) is 0 Å². The van der Waals surface area contributed by atoms with E-state index in [2.05, 4.69) is 4.98 Å². The zero-order valence-corrected chi connectivity index (χ0v) is 10.1. The molecule has 2 rings (SSSR count). The Hall–Kier alpha value is -0.440. The maximum absolute atomic E-state index is 12.2. The van der Waals surface area contributed by atoms with Crippen molar-refractivity contribution in [3.05, 3.63) is 24.3 Å². The van der Waals surface area contributed by atoms with E-state index in [0.29, 0.717) is 11.0 Å². The quantitative estimate of drug-likeness (QED) is 0.578. The second-order valence-corrected chi connectivity index (χ2v) is 4.71. The van der Waals surface area contributed by atoms with Crippen LogP contribution in [0.3, 0.4) is 0 Å². The first kappa shape index (κ1) is 11.1. The van der Waals surface area contributed by atoms with Gasteiger partial charge in [0.25, 0.3) is 0 Å². The summed E-state index contributed by atoms with van der Waals surface area (Å²) in [6.07, 6.45) is 0. The molecule has 7 heteroatoms. The van der Waals surface area contributed by atoms with Crippen molar-refractivity contribution in [1.29, 1.82) is 0 Å². The zero-order valence-electron chi connectivity index (χ0n) is 7.12. The molecule has 80 valence electrons. The van der Waals surface area contributed by atoms with E-state index in [4.69, 9.17) is 0 Å². The fourth-order valence-electron chi connectivity index (χ4n) is 1.14. The highest BCUT2D eigenvalue weighted by atomic mass is 127. The Kier molecular flexibility index (Phi) is 2.84. The van der Waals surface area contributed by atoms with Crippen LogP contribution in [0.15, 0.2) is 29.4 Å². The van der Waals surface area contributed by atoms with Crippen LogP contribution in [-0.2, 0) is 0 Å². The second kappa shape index (κ2) is 3.85. The molecule has 2 aromatic rings. The molecule has 2 nitrogen and oxygen atoms in total. The summed E-state index contributed by atoms with van der Waals surface area (Å²) in [6.45, 7) is 0. The first-order chi connectivity index (χ1) is 6.97. The van der Waals surface area contributed by atoms with Crippen LogP contribution >= 0.6 is 34.6 Å². The minimum atomic E-state index is -4.30. The summed E-state index contributed by atoms with van der Waals surface area (Å²) >= 11 is 1.60. The third kappa shape index (κ3) is 2.39. The Morgan fingerprint density at radius 2 is 1.93 bits per heavy atom. The van der Waals surface area contributed by atoms with Gasteiger partial charge in [0.15, 0.2) is 5.16 Å². The molecule has 0 saturated carbocycles. The third-order valence-corrected chi connectivity index (χ3v) is 3.68. The van der Waals surface area contributed by atoms with Gasteiger partial charge < -0.3 is 0 Å². The lowest BCUT2D eigenvalue weighted by molar-refractivity contribution is -0.0330. The number of aromatic nitrogens is 2. The van der Waals surface area contributed by atoms with Crippen molar-refractivity contribution in [3.8, 4) is 0 Å². The van der Waals surface area contributed by atoms with Crippen molar-refractivity contribution in [2.24, 2.45) is 0 Å². The van der Waals surface area contributed by atoms with Crippen LogP contribution < -0.4 is 0 Å². The van der Waals surface area contributed by atoms with Crippen molar-refractivity contribution in [1.82, 2.24) is 7.76 Å². The molecule has 0 aliphatic carbocycles. The summed E-state index contributed by atoms with van der Waals surface area (Å²) in [7, 11) is 0. The second-order valence-electron chi connectivity index (χ2n) is 2.71. The van der Waals surface area contributed by atoms with Crippen LogP contribution in [0.2, 0.25) is 0 Å². The zero-order chi connectivity index (χ0) is 11.1. The molecule has 0 spiro atoms. The molecule has 1 heterocycles. The fourth-order valence-corrected chi connectivity index (χ4v) is 2.48. The Labute approximate surface area is 101 Å². The smallest absolute Gasteiger partial charge is 0.259 e. The van der Waals surface area contributed by atoms with Gasteiger partial charge >= 0.3 is 5.51 Å². The maximum atomic E-state index is 12.2. The van der Waals surface area contributed by atoms with E-state index in [1.54, 1.807) is 24.3 Å². The lowest BCUT2D eigenvalue weighted by atomic mass is 10.3. The summed E-state index contributed by atoms with van der Waals surface area (Å²) in [5.41, 5.74) is -3.05. The number of hydrogen-bond donors (Lipinski definition) is 0. The van der Waals surface area contributed by atoms with E-state index >= 15 is 0 Å². The molecule has 0 aliphatic heterocycles. The van der Waals surface area contributed by atoms with Gasteiger partial charge in [0.1, 0.15) is 0 Å². The lowest BCUT2D eigenvalue weighted by Gasteiger charge is -2.03. The van der Waals surface area contributed by atoms with Gasteiger partial charge in [-0.3, -0.25) is 2.78 Å². The van der Waals surface area contributed by atoms with Gasteiger partial charge in [-0.1, -0.05) is 12.1 Å². The minimum absolute atomic E-state index is 0.0516. The minimum Gasteiger partial charge on any atom is -0.259 e. The van der Waals surface area contributed by atoms with Crippen molar-refractivity contribution < 1.29 is 13.2 Å². The number of para-hydroxylation sites is 2. The number of rotatable bonds is 1. The highest BCUT2D eigenvalue weighted by molar-refractivity contribution is 14.1.